The van der Waals surface area contributed by atoms with Gasteiger partial charge in [0.25, 0.3) is 0 Å². The number of carbonyl (C=O) groups is 1. The van der Waals surface area contributed by atoms with Gasteiger partial charge in [0.2, 0.25) is 0 Å². The first kappa shape index (κ1) is 30.8. The third-order valence-corrected chi connectivity index (χ3v) is 10.1. The second-order valence-corrected chi connectivity index (χ2v) is 14.6. The van der Waals surface area contributed by atoms with Gasteiger partial charge >= 0.3 is 6.09 Å². The monoisotopic (exact) mass is 548 g/mol. The minimum Gasteiger partial charge on any atom is -0.444 e. The normalized spacial score (nSPS) is 31.0. The minimum atomic E-state index is -0.481. The summed E-state index contributed by atoms with van der Waals surface area (Å²) < 4.78 is 5.71. The van der Waals surface area contributed by atoms with Crippen molar-refractivity contribution in [3.05, 3.63) is 46.6 Å². The van der Waals surface area contributed by atoms with Gasteiger partial charge < -0.3 is 9.64 Å². The van der Waals surface area contributed by atoms with Crippen molar-refractivity contribution >= 4 is 11.8 Å². The summed E-state index contributed by atoms with van der Waals surface area (Å²) in [5.41, 5.74) is 7.80. The number of rotatable bonds is 7. The summed E-state index contributed by atoms with van der Waals surface area (Å²) in [6.45, 7) is 20.8. The van der Waals surface area contributed by atoms with Crippen LogP contribution in [-0.2, 0) is 4.74 Å². The predicted octanol–water partition coefficient (Wildman–Crippen LogP) is 9.49. The van der Waals surface area contributed by atoms with E-state index in [1.54, 1.807) is 0 Å². The van der Waals surface area contributed by atoms with Crippen LogP contribution in [0.5, 0.6) is 0 Å². The molecule has 1 heterocycles. The summed E-state index contributed by atoms with van der Waals surface area (Å²) in [4.78, 5) is 19.6. The Kier molecular flexibility index (Phi) is 9.57. The Bertz CT molecular complexity index is 1070. The molecule has 5 aliphatic rings. The largest absolute Gasteiger partial charge is 0.444 e. The highest BCUT2D eigenvalue weighted by Crippen LogP contribution is 2.56. The maximum absolute atomic E-state index is 12.9. The third-order valence-electron chi connectivity index (χ3n) is 10.1. The molecule has 4 heteroatoms. The number of ether oxygens (including phenoxy) is 1. The average Bonchev–Trinajstić information content (AvgIpc) is 3.73. The van der Waals surface area contributed by atoms with Crippen LogP contribution in [0.1, 0.15) is 113 Å². The molecule has 4 saturated carbocycles. The van der Waals surface area contributed by atoms with Crippen molar-refractivity contribution in [3.8, 4) is 0 Å². The van der Waals surface area contributed by atoms with Crippen LogP contribution in [0, 0.1) is 29.1 Å². The SMILES string of the molecule is C=C(C)C(/C1=C\[C@@H](C)CN(C(=O)OC(C)(C)C)CCC1)=C(C(C)=NC)/C(=C\C(C)C12CCC(CC1)CC2)C1CC1. The molecule has 0 saturated heterocycles. The van der Waals surface area contributed by atoms with Crippen LogP contribution in [0.2, 0.25) is 0 Å². The predicted molar refractivity (Wildman–Crippen MR) is 169 cm³/mol. The van der Waals surface area contributed by atoms with Gasteiger partial charge in [0.15, 0.2) is 0 Å². The van der Waals surface area contributed by atoms with E-state index in [1.807, 2.05) is 32.7 Å². The lowest BCUT2D eigenvalue weighted by atomic mass is 9.55. The van der Waals surface area contributed by atoms with E-state index in [4.69, 9.17) is 9.73 Å². The van der Waals surface area contributed by atoms with E-state index < -0.39 is 5.60 Å². The quantitative estimate of drug-likeness (QED) is 0.235. The molecule has 2 bridgehead atoms. The summed E-state index contributed by atoms with van der Waals surface area (Å²) in [6.07, 6.45) is 17.8. The van der Waals surface area contributed by atoms with Crippen LogP contribution < -0.4 is 0 Å². The van der Waals surface area contributed by atoms with Crippen molar-refractivity contribution in [1.82, 2.24) is 4.90 Å². The molecule has 0 aromatic heterocycles. The lowest BCUT2D eigenvalue weighted by molar-refractivity contribution is 0.0230. The van der Waals surface area contributed by atoms with Crippen molar-refractivity contribution in [2.45, 2.75) is 118 Å². The smallest absolute Gasteiger partial charge is 0.410 e. The van der Waals surface area contributed by atoms with Crippen LogP contribution in [0.3, 0.4) is 0 Å². The highest BCUT2D eigenvalue weighted by molar-refractivity contribution is 6.04. The Labute approximate surface area is 245 Å². The molecule has 5 rings (SSSR count). The minimum absolute atomic E-state index is 0.203. The first-order valence-electron chi connectivity index (χ1n) is 16.1. The Morgan fingerprint density at radius 2 is 1.77 bits per heavy atom. The molecule has 0 radical (unpaired) electrons. The molecule has 1 amide bonds. The van der Waals surface area contributed by atoms with Gasteiger partial charge in [0.05, 0.1) is 0 Å². The molecule has 0 N–H and O–H groups in total. The molecule has 4 aliphatic carbocycles. The molecule has 222 valence electrons. The summed E-state index contributed by atoms with van der Waals surface area (Å²) in [6, 6.07) is 0. The first-order valence-corrected chi connectivity index (χ1v) is 16.1. The highest BCUT2D eigenvalue weighted by atomic mass is 16.6. The molecule has 40 heavy (non-hydrogen) atoms. The maximum Gasteiger partial charge on any atom is 0.410 e. The van der Waals surface area contributed by atoms with Crippen molar-refractivity contribution in [2.24, 2.45) is 34.1 Å². The molecular weight excluding hydrogens is 492 g/mol. The number of carbonyl (C=O) groups excluding carboxylic acids is 1. The van der Waals surface area contributed by atoms with Crippen LogP contribution in [-0.4, -0.2) is 42.4 Å². The molecule has 2 atom stereocenters. The van der Waals surface area contributed by atoms with Crippen molar-refractivity contribution in [3.63, 3.8) is 0 Å². The van der Waals surface area contributed by atoms with Gasteiger partial charge in [-0.25, -0.2) is 4.79 Å². The molecule has 0 aromatic rings. The standard InChI is InChI=1S/C36H56N2O2/c1-24(2)32(30-11-10-20-38(23-25(3)21-30)34(39)40-35(6,7)8)33(27(5)37-9)31(29-12-13-29)22-26(4)36-17-14-28(15-18-36)16-19-36/h21-22,25-26,28-29H,1,10-20,23H2,2-9H3/b30-21-,31-22-,33-32-,37-27?/t25-,26?,28?,36?/m1/s1. The average molecular weight is 549 g/mol. The van der Waals surface area contributed by atoms with E-state index in [0.29, 0.717) is 30.3 Å². The Hall–Kier alpha value is -2.10. The second kappa shape index (κ2) is 12.4. The third kappa shape index (κ3) is 7.21. The fourth-order valence-electron chi connectivity index (χ4n) is 7.60. The van der Waals surface area contributed by atoms with E-state index in [-0.39, 0.29) is 12.0 Å². The summed E-state index contributed by atoms with van der Waals surface area (Å²) in [5.74, 6) is 2.43. The van der Waals surface area contributed by atoms with Gasteiger partial charge in [-0.05, 0) is 145 Å². The summed E-state index contributed by atoms with van der Waals surface area (Å²) in [5, 5.41) is 0. The molecule has 1 aliphatic heterocycles. The molecule has 1 unspecified atom stereocenters. The Morgan fingerprint density at radius 3 is 2.30 bits per heavy atom. The van der Waals surface area contributed by atoms with Crippen molar-refractivity contribution in [1.29, 1.82) is 0 Å². The van der Waals surface area contributed by atoms with Crippen LogP contribution in [0.4, 0.5) is 4.79 Å². The number of nitrogens with zero attached hydrogens (tertiary/aromatic N) is 2. The number of hydrogen-bond acceptors (Lipinski definition) is 3. The first-order chi connectivity index (χ1) is 18.8. The lowest BCUT2D eigenvalue weighted by Crippen LogP contribution is -2.40. The van der Waals surface area contributed by atoms with Crippen molar-refractivity contribution in [2.75, 3.05) is 20.1 Å². The van der Waals surface area contributed by atoms with Crippen molar-refractivity contribution < 1.29 is 9.53 Å². The zero-order valence-electron chi connectivity index (χ0n) is 26.9. The Morgan fingerprint density at radius 1 is 1.15 bits per heavy atom. The van der Waals surface area contributed by atoms with Gasteiger partial charge in [-0.3, -0.25) is 4.99 Å². The number of fused-ring (bicyclic) bond motifs is 3. The molecule has 4 fully saturated rings. The maximum atomic E-state index is 12.9. The fourth-order valence-corrected chi connectivity index (χ4v) is 7.60. The van der Waals surface area contributed by atoms with Crippen LogP contribution >= 0.6 is 0 Å². The van der Waals surface area contributed by atoms with E-state index in [0.717, 1.165) is 30.0 Å². The van der Waals surface area contributed by atoms with Crippen LogP contribution in [0.25, 0.3) is 0 Å². The number of aliphatic imine (C=N–C) groups is 1. The van der Waals surface area contributed by atoms with E-state index in [2.05, 4.69) is 46.4 Å². The van der Waals surface area contributed by atoms with E-state index in [9.17, 15) is 4.79 Å². The van der Waals surface area contributed by atoms with E-state index in [1.165, 1.54) is 73.7 Å². The van der Waals surface area contributed by atoms with Gasteiger partial charge in [0, 0.05) is 31.4 Å². The molecule has 4 nitrogen and oxygen atoms in total. The number of amides is 1. The topological polar surface area (TPSA) is 41.9 Å². The second-order valence-electron chi connectivity index (χ2n) is 14.6. The van der Waals surface area contributed by atoms with Gasteiger partial charge in [-0.1, -0.05) is 38.2 Å². The fraction of sp³-hybridized carbons (Fsp3) is 0.722. The number of allylic oxidation sites excluding steroid dienone is 6. The highest BCUT2D eigenvalue weighted by Gasteiger charge is 2.44. The summed E-state index contributed by atoms with van der Waals surface area (Å²) in [7, 11) is 1.94. The summed E-state index contributed by atoms with van der Waals surface area (Å²) >= 11 is 0. The zero-order valence-corrected chi connectivity index (χ0v) is 26.9. The van der Waals surface area contributed by atoms with Crippen LogP contribution in [0.15, 0.2) is 51.6 Å². The zero-order chi connectivity index (χ0) is 29.2. The lowest BCUT2D eigenvalue weighted by Gasteiger charge is -2.49. The Balaban J connectivity index is 1.72. The molecule has 0 spiro atoms. The number of hydrogen-bond donors (Lipinski definition) is 0. The van der Waals surface area contributed by atoms with Gasteiger partial charge in [0.1, 0.15) is 5.60 Å². The van der Waals surface area contributed by atoms with E-state index >= 15 is 0 Å². The molecular formula is C36H56N2O2. The van der Waals surface area contributed by atoms with Gasteiger partial charge in [-0.15, -0.1) is 0 Å². The van der Waals surface area contributed by atoms with Gasteiger partial charge in [-0.2, -0.15) is 0 Å². The molecule has 0 aromatic carbocycles.